The number of anilines is 1. The number of aromatic amines is 1. The van der Waals surface area contributed by atoms with E-state index in [0.29, 0.717) is 17.8 Å². The molecule has 0 unspecified atom stereocenters. The molecule has 0 aliphatic heterocycles. The van der Waals surface area contributed by atoms with E-state index in [0.717, 1.165) is 22.3 Å². The van der Waals surface area contributed by atoms with Crippen LogP contribution in [0, 0.1) is 6.92 Å². The van der Waals surface area contributed by atoms with Crippen molar-refractivity contribution in [2.24, 2.45) is 0 Å². The second kappa shape index (κ2) is 6.54. The molecule has 0 aliphatic carbocycles. The maximum absolute atomic E-state index is 12.6. The van der Waals surface area contributed by atoms with Crippen molar-refractivity contribution in [3.63, 3.8) is 0 Å². The van der Waals surface area contributed by atoms with Gasteiger partial charge in [0, 0.05) is 35.3 Å². The summed E-state index contributed by atoms with van der Waals surface area (Å²) in [6, 6.07) is 11.1. The lowest BCUT2D eigenvalue weighted by molar-refractivity contribution is -0.119. The minimum Gasteiger partial charge on any atom is -0.357 e. The molecule has 0 saturated heterocycles. The first-order chi connectivity index (χ1) is 11.5. The first-order valence-corrected chi connectivity index (χ1v) is 7.62. The number of amides is 2. The van der Waals surface area contributed by atoms with Gasteiger partial charge in [0.05, 0.1) is 17.9 Å². The number of aryl methyl sites for hydroxylation is 1. The molecular weight excluding hydrogens is 304 g/mol. The van der Waals surface area contributed by atoms with E-state index in [2.05, 4.69) is 20.6 Å². The summed E-state index contributed by atoms with van der Waals surface area (Å²) in [5.74, 6) is -0.351. The summed E-state index contributed by atoms with van der Waals surface area (Å²) < 4.78 is 0. The highest BCUT2D eigenvalue weighted by Gasteiger charge is 2.13. The van der Waals surface area contributed by atoms with Gasteiger partial charge in [0.2, 0.25) is 5.91 Å². The van der Waals surface area contributed by atoms with E-state index in [-0.39, 0.29) is 11.8 Å². The van der Waals surface area contributed by atoms with Crippen molar-refractivity contribution >= 4 is 28.4 Å². The molecule has 2 amide bonds. The summed E-state index contributed by atoms with van der Waals surface area (Å²) in [6.07, 6.45) is 1.56. The number of fused-ring (bicyclic) bond motifs is 1. The largest absolute Gasteiger partial charge is 0.357 e. The molecule has 3 aromatic rings. The number of benzene rings is 1. The maximum Gasteiger partial charge on any atom is 0.255 e. The van der Waals surface area contributed by atoms with Crippen LogP contribution < -0.4 is 10.6 Å². The normalized spacial score (nSPS) is 10.6. The number of hydrogen-bond acceptors (Lipinski definition) is 3. The Hall–Kier alpha value is -3.15. The zero-order valence-corrected chi connectivity index (χ0v) is 13.5. The summed E-state index contributed by atoms with van der Waals surface area (Å²) >= 11 is 0. The number of para-hydroxylation sites is 1. The molecule has 3 N–H and O–H groups in total. The van der Waals surface area contributed by atoms with Gasteiger partial charge in [0.15, 0.2) is 0 Å². The first-order valence-electron chi connectivity index (χ1n) is 7.62. The Morgan fingerprint density at radius 3 is 2.79 bits per heavy atom. The van der Waals surface area contributed by atoms with E-state index in [4.69, 9.17) is 0 Å². The van der Waals surface area contributed by atoms with Crippen LogP contribution >= 0.6 is 0 Å². The fourth-order valence-corrected chi connectivity index (χ4v) is 2.55. The monoisotopic (exact) mass is 322 g/mol. The molecule has 1 aromatic carbocycles. The molecule has 0 bridgehead atoms. The predicted molar refractivity (Wildman–Crippen MR) is 92.7 cm³/mol. The topological polar surface area (TPSA) is 86.9 Å². The van der Waals surface area contributed by atoms with Gasteiger partial charge in [-0.25, -0.2) is 0 Å². The number of aromatic nitrogens is 2. The lowest BCUT2D eigenvalue weighted by atomic mass is 10.2. The molecule has 24 heavy (non-hydrogen) atoms. The van der Waals surface area contributed by atoms with Crippen molar-refractivity contribution in [1.29, 1.82) is 0 Å². The fourth-order valence-electron chi connectivity index (χ4n) is 2.55. The minimum absolute atomic E-state index is 0.138. The van der Waals surface area contributed by atoms with E-state index in [1.54, 1.807) is 18.3 Å². The first kappa shape index (κ1) is 15.7. The van der Waals surface area contributed by atoms with Crippen molar-refractivity contribution in [3.8, 4) is 0 Å². The van der Waals surface area contributed by atoms with Crippen LogP contribution in [0.5, 0.6) is 0 Å². The van der Waals surface area contributed by atoms with Crippen molar-refractivity contribution < 1.29 is 9.59 Å². The van der Waals surface area contributed by atoms with Gasteiger partial charge in [-0.2, -0.15) is 0 Å². The molecule has 0 fully saturated rings. The number of carbonyl (C=O) groups is 2. The highest BCUT2D eigenvalue weighted by molar-refractivity contribution is 6.09. The number of pyridine rings is 1. The van der Waals surface area contributed by atoms with Crippen molar-refractivity contribution in [1.82, 2.24) is 15.3 Å². The van der Waals surface area contributed by atoms with Crippen LogP contribution in [0.15, 0.2) is 42.6 Å². The van der Waals surface area contributed by atoms with Crippen molar-refractivity contribution in [2.45, 2.75) is 20.4 Å². The molecule has 6 heteroatoms. The molecule has 2 heterocycles. The predicted octanol–water partition coefficient (Wildman–Crippen LogP) is 2.76. The molecule has 0 radical (unpaired) electrons. The zero-order valence-electron chi connectivity index (χ0n) is 13.5. The standard InChI is InChI=1S/C18H18N4O2/c1-11-17(15-5-3-4-6-16(15)21-11)22-18(24)13-7-8-19-14(9-13)10-20-12(2)23/h3-9,21H,10H2,1-2H3,(H,20,23)(H,22,24). The van der Waals surface area contributed by atoms with Gasteiger partial charge >= 0.3 is 0 Å². The summed E-state index contributed by atoms with van der Waals surface area (Å²) in [7, 11) is 0. The van der Waals surface area contributed by atoms with E-state index < -0.39 is 0 Å². The van der Waals surface area contributed by atoms with Gasteiger partial charge in [-0.15, -0.1) is 0 Å². The molecule has 3 rings (SSSR count). The highest BCUT2D eigenvalue weighted by Crippen LogP contribution is 2.27. The summed E-state index contributed by atoms with van der Waals surface area (Å²) in [5.41, 5.74) is 3.78. The average Bonchev–Trinajstić information content (AvgIpc) is 2.89. The molecule has 0 aliphatic rings. The van der Waals surface area contributed by atoms with Gasteiger partial charge in [-0.05, 0) is 25.1 Å². The lowest BCUT2D eigenvalue weighted by Crippen LogP contribution is -2.20. The number of nitrogens with one attached hydrogen (secondary N) is 3. The second-order valence-corrected chi connectivity index (χ2v) is 5.57. The third kappa shape index (κ3) is 3.27. The van der Waals surface area contributed by atoms with E-state index in [1.807, 2.05) is 31.2 Å². The summed E-state index contributed by atoms with van der Waals surface area (Å²) in [4.78, 5) is 31.0. The molecule has 0 spiro atoms. The molecule has 2 aromatic heterocycles. The smallest absolute Gasteiger partial charge is 0.255 e. The minimum atomic E-state index is -0.214. The van der Waals surface area contributed by atoms with Crippen LogP contribution in [0.3, 0.4) is 0 Å². The number of H-pyrrole nitrogens is 1. The van der Waals surface area contributed by atoms with Crippen LogP contribution in [0.2, 0.25) is 0 Å². The number of rotatable bonds is 4. The van der Waals surface area contributed by atoms with Crippen LogP contribution in [0.1, 0.15) is 28.7 Å². The Morgan fingerprint density at radius 2 is 2.00 bits per heavy atom. The Labute approximate surface area is 139 Å². The van der Waals surface area contributed by atoms with E-state index in [1.165, 1.54) is 6.92 Å². The Kier molecular flexibility index (Phi) is 4.29. The van der Waals surface area contributed by atoms with Crippen LogP contribution in [-0.4, -0.2) is 21.8 Å². The van der Waals surface area contributed by atoms with Crippen molar-refractivity contribution in [3.05, 3.63) is 59.5 Å². The molecule has 0 saturated carbocycles. The lowest BCUT2D eigenvalue weighted by Gasteiger charge is -2.07. The second-order valence-electron chi connectivity index (χ2n) is 5.57. The van der Waals surface area contributed by atoms with Crippen LogP contribution in [-0.2, 0) is 11.3 Å². The third-order valence-electron chi connectivity index (χ3n) is 3.73. The van der Waals surface area contributed by atoms with E-state index >= 15 is 0 Å². The van der Waals surface area contributed by atoms with Gasteiger partial charge in [-0.3, -0.25) is 14.6 Å². The van der Waals surface area contributed by atoms with Gasteiger partial charge in [-0.1, -0.05) is 18.2 Å². The Balaban J connectivity index is 1.83. The third-order valence-corrected chi connectivity index (χ3v) is 3.73. The fraction of sp³-hybridized carbons (Fsp3) is 0.167. The maximum atomic E-state index is 12.6. The number of nitrogens with zero attached hydrogens (tertiary/aromatic N) is 1. The van der Waals surface area contributed by atoms with Gasteiger partial charge in [0.25, 0.3) is 5.91 Å². The molecular formula is C18H18N4O2. The zero-order chi connectivity index (χ0) is 17.1. The number of hydrogen-bond donors (Lipinski definition) is 3. The molecule has 0 atom stereocenters. The molecule has 122 valence electrons. The highest BCUT2D eigenvalue weighted by atomic mass is 16.2. The molecule has 6 nitrogen and oxygen atoms in total. The van der Waals surface area contributed by atoms with Gasteiger partial charge in [0.1, 0.15) is 0 Å². The quantitative estimate of drug-likeness (QED) is 0.690. The van der Waals surface area contributed by atoms with Crippen LogP contribution in [0.25, 0.3) is 10.9 Å². The SMILES string of the molecule is CC(=O)NCc1cc(C(=O)Nc2c(C)[nH]c3ccccc23)ccn1. The Morgan fingerprint density at radius 1 is 1.21 bits per heavy atom. The number of carbonyl (C=O) groups excluding carboxylic acids is 2. The van der Waals surface area contributed by atoms with Gasteiger partial charge < -0.3 is 15.6 Å². The van der Waals surface area contributed by atoms with Crippen LogP contribution in [0.4, 0.5) is 5.69 Å². The van der Waals surface area contributed by atoms with E-state index in [9.17, 15) is 9.59 Å². The van der Waals surface area contributed by atoms with Crippen molar-refractivity contribution in [2.75, 3.05) is 5.32 Å². The average molecular weight is 322 g/mol. The summed E-state index contributed by atoms with van der Waals surface area (Å²) in [5, 5.41) is 6.59. The Bertz CT molecular complexity index is 914. The summed E-state index contributed by atoms with van der Waals surface area (Å²) in [6.45, 7) is 3.66.